The highest BCUT2D eigenvalue weighted by molar-refractivity contribution is 6.35. The molecule has 0 saturated heterocycles. The van der Waals surface area contributed by atoms with E-state index in [-0.39, 0.29) is 5.41 Å². The molecule has 2 aromatic rings. The number of hydrogen-bond acceptors (Lipinski definition) is 1. The van der Waals surface area contributed by atoms with E-state index >= 15 is 0 Å². The van der Waals surface area contributed by atoms with Gasteiger partial charge in [0.25, 0.3) is 0 Å². The first-order chi connectivity index (χ1) is 7.95. The summed E-state index contributed by atoms with van der Waals surface area (Å²) in [6.45, 7) is 6.28. The summed E-state index contributed by atoms with van der Waals surface area (Å²) < 4.78 is 0. The van der Waals surface area contributed by atoms with Gasteiger partial charge < -0.3 is 0 Å². The topological polar surface area (TPSA) is 17.1 Å². The smallest absolute Gasteiger partial charge is 0.152 e. The van der Waals surface area contributed by atoms with E-state index in [0.717, 1.165) is 22.6 Å². The molecule has 0 aliphatic heterocycles. The lowest BCUT2D eigenvalue weighted by Gasteiger charge is -2.22. The van der Waals surface area contributed by atoms with Crippen molar-refractivity contribution in [3.8, 4) is 0 Å². The van der Waals surface area contributed by atoms with Gasteiger partial charge in [0.05, 0.1) is 5.02 Å². The minimum absolute atomic E-state index is 0.0706. The fourth-order valence-electron chi connectivity index (χ4n) is 2.01. The van der Waals surface area contributed by atoms with Crippen molar-refractivity contribution in [2.45, 2.75) is 26.2 Å². The van der Waals surface area contributed by atoms with Gasteiger partial charge in [-0.2, -0.15) is 0 Å². The Morgan fingerprint density at radius 3 is 2.41 bits per heavy atom. The number of carbonyl (C=O) groups is 1. The molecule has 0 spiro atoms. The lowest BCUT2D eigenvalue weighted by molar-refractivity contribution is 0.112. The predicted octanol–water partition coefficient (Wildman–Crippen LogP) is 4.60. The van der Waals surface area contributed by atoms with Crippen LogP contribution in [0.5, 0.6) is 0 Å². The maximum absolute atomic E-state index is 11.2. The number of aldehydes is 1. The highest BCUT2D eigenvalue weighted by atomic mass is 35.5. The first kappa shape index (κ1) is 12.1. The van der Waals surface area contributed by atoms with Gasteiger partial charge in [-0.25, -0.2) is 0 Å². The van der Waals surface area contributed by atoms with Crippen LogP contribution in [0.25, 0.3) is 10.8 Å². The third-order valence-corrected chi connectivity index (χ3v) is 3.36. The second-order valence-corrected chi connectivity index (χ2v) is 5.62. The van der Waals surface area contributed by atoms with Gasteiger partial charge in [-0.3, -0.25) is 4.79 Å². The van der Waals surface area contributed by atoms with Gasteiger partial charge in [0.2, 0.25) is 0 Å². The monoisotopic (exact) mass is 246 g/mol. The Hall–Kier alpha value is -1.34. The molecule has 2 rings (SSSR count). The van der Waals surface area contributed by atoms with Crippen LogP contribution in [-0.2, 0) is 5.41 Å². The van der Waals surface area contributed by atoms with Crippen molar-refractivity contribution >= 4 is 28.7 Å². The van der Waals surface area contributed by atoms with Crippen molar-refractivity contribution in [3.63, 3.8) is 0 Å². The molecule has 0 radical (unpaired) electrons. The molecule has 0 bridgehead atoms. The number of fused-ring (bicyclic) bond motifs is 1. The van der Waals surface area contributed by atoms with Crippen LogP contribution >= 0.6 is 11.6 Å². The van der Waals surface area contributed by atoms with E-state index in [4.69, 9.17) is 11.6 Å². The van der Waals surface area contributed by atoms with E-state index in [1.807, 2.05) is 24.3 Å². The summed E-state index contributed by atoms with van der Waals surface area (Å²) in [5.41, 5.74) is 1.54. The molecule has 2 heteroatoms. The molecule has 0 fully saturated rings. The van der Waals surface area contributed by atoms with Crippen LogP contribution in [-0.4, -0.2) is 6.29 Å². The van der Waals surface area contributed by atoms with E-state index in [2.05, 4.69) is 26.8 Å². The Morgan fingerprint density at radius 1 is 1.18 bits per heavy atom. The van der Waals surface area contributed by atoms with Gasteiger partial charge in [-0.15, -0.1) is 0 Å². The average molecular weight is 247 g/mol. The van der Waals surface area contributed by atoms with Crippen molar-refractivity contribution in [1.29, 1.82) is 0 Å². The molecule has 0 N–H and O–H groups in total. The van der Waals surface area contributed by atoms with Crippen LogP contribution in [0, 0.1) is 0 Å². The van der Waals surface area contributed by atoms with Gasteiger partial charge >= 0.3 is 0 Å². The highest BCUT2D eigenvalue weighted by Gasteiger charge is 2.21. The van der Waals surface area contributed by atoms with E-state index in [9.17, 15) is 4.79 Å². The van der Waals surface area contributed by atoms with Crippen LogP contribution in [0.2, 0.25) is 5.02 Å². The number of halogens is 1. The predicted molar refractivity (Wildman–Crippen MR) is 73.0 cm³/mol. The number of hydrogen-bond donors (Lipinski definition) is 0. The molecule has 1 nitrogen and oxygen atoms in total. The molecule has 0 aliphatic carbocycles. The molecule has 0 unspecified atom stereocenters. The number of carbonyl (C=O) groups excluding carboxylic acids is 1. The molecule has 2 aromatic carbocycles. The van der Waals surface area contributed by atoms with Crippen LogP contribution < -0.4 is 0 Å². The fourth-order valence-corrected chi connectivity index (χ4v) is 2.50. The van der Waals surface area contributed by atoms with E-state index in [1.165, 1.54) is 0 Å². The summed E-state index contributed by atoms with van der Waals surface area (Å²) in [4.78, 5) is 11.2. The number of rotatable bonds is 1. The minimum Gasteiger partial charge on any atom is -0.298 e. The van der Waals surface area contributed by atoms with Gasteiger partial charge in [-0.1, -0.05) is 56.6 Å². The van der Waals surface area contributed by atoms with Crippen molar-refractivity contribution in [1.82, 2.24) is 0 Å². The Balaban J connectivity index is 2.90. The molecule has 17 heavy (non-hydrogen) atoms. The summed E-state index contributed by atoms with van der Waals surface area (Å²) in [5, 5.41) is 2.55. The van der Waals surface area contributed by atoms with Crippen LogP contribution in [0.4, 0.5) is 0 Å². The average Bonchev–Trinajstić information content (AvgIpc) is 2.27. The molecule has 0 aromatic heterocycles. The van der Waals surface area contributed by atoms with Gasteiger partial charge in [0.1, 0.15) is 0 Å². The molecular formula is C15H15ClO. The van der Waals surface area contributed by atoms with Crippen LogP contribution in [0.3, 0.4) is 0 Å². The lowest BCUT2D eigenvalue weighted by Crippen LogP contribution is -2.13. The second kappa shape index (κ2) is 4.15. The summed E-state index contributed by atoms with van der Waals surface area (Å²) in [7, 11) is 0. The van der Waals surface area contributed by atoms with Gasteiger partial charge in [0, 0.05) is 5.56 Å². The first-order valence-corrected chi connectivity index (χ1v) is 6.00. The van der Waals surface area contributed by atoms with Crippen molar-refractivity contribution in [2.75, 3.05) is 0 Å². The number of benzene rings is 2. The van der Waals surface area contributed by atoms with E-state index in [1.54, 1.807) is 0 Å². The maximum Gasteiger partial charge on any atom is 0.152 e. The largest absolute Gasteiger partial charge is 0.298 e. The summed E-state index contributed by atoms with van der Waals surface area (Å²) in [6.07, 6.45) is 0.847. The molecule has 88 valence electrons. The Bertz CT molecular complexity index is 579. The Kier molecular flexibility index (Phi) is 2.96. The standard InChI is InChI=1S/C15H15ClO/c1-15(2,3)13-8-10-6-4-5-7-11(10)12(9-17)14(13)16/h4-9H,1-3H3. The Labute approximate surface area is 106 Å². The Morgan fingerprint density at radius 2 is 1.82 bits per heavy atom. The van der Waals surface area contributed by atoms with Crippen molar-refractivity contribution in [2.24, 2.45) is 0 Å². The van der Waals surface area contributed by atoms with Crippen molar-refractivity contribution < 1.29 is 4.79 Å². The molecule has 0 amide bonds. The summed E-state index contributed by atoms with van der Waals surface area (Å²) >= 11 is 6.34. The third-order valence-electron chi connectivity index (χ3n) is 2.95. The maximum atomic E-state index is 11.2. The molecular weight excluding hydrogens is 232 g/mol. The molecule has 0 atom stereocenters. The summed E-state index contributed by atoms with van der Waals surface area (Å²) in [6, 6.07) is 9.90. The second-order valence-electron chi connectivity index (χ2n) is 5.24. The fraction of sp³-hybridized carbons (Fsp3) is 0.267. The van der Waals surface area contributed by atoms with Crippen LogP contribution in [0.15, 0.2) is 30.3 Å². The normalized spacial score (nSPS) is 11.8. The zero-order valence-corrected chi connectivity index (χ0v) is 11.0. The zero-order chi connectivity index (χ0) is 12.6. The zero-order valence-electron chi connectivity index (χ0n) is 10.3. The molecule has 0 aliphatic rings. The highest BCUT2D eigenvalue weighted by Crippen LogP contribution is 2.35. The third kappa shape index (κ3) is 2.07. The quantitative estimate of drug-likeness (QED) is 0.672. The van der Waals surface area contributed by atoms with E-state index in [0.29, 0.717) is 10.6 Å². The lowest BCUT2D eigenvalue weighted by atomic mass is 9.84. The van der Waals surface area contributed by atoms with Gasteiger partial charge in [0.15, 0.2) is 6.29 Å². The summed E-state index contributed by atoms with van der Waals surface area (Å²) in [5.74, 6) is 0. The van der Waals surface area contributed by atoms with Crippen molar-refractivity contribution in [3.05, 3.63) is 46.5 Å². The minimum atomic E-state index is -0.0706. The molecule has 0 saturated carbocycles. The molecule has 0 heterocycles. The van der Waals surface area contributed by atoms with E-state index < -0.39 is 0 Å². The van der Waals surface area contributed by atoms with Gasteiger partial charge in [-0.05, 0) is 27.8 Å². The van der Waals surface area contributed by atoms with Crippen LogP contribution in [0.1, 0.15) is 36.7 Å². The first-order valence-electron chi connectivity index (χ1n) is 5.62. The SMILES string of the molecule is CC(C)(C)c1cc2ccccc2c(C=O)c1Cl.